The summed E-state index contributed by atoms with van der Waals surface area (Å²) in [6, 6.07) is 0.767. The Morgan fingerprint density at radius 2 is 1.95 bits per heavy atom. The zero-order valence-electron chi connectivity index (χ0n) is 13.6. The van der Waals surface area contributed by atoms with Gasteiger partial charge in [0.2, 0.25) is 0 Å². The summed E-state index contributed by atoms with van der Waals surface area (Å²) in [5.74, 6) is 0.757. The number of likely N-dealkylation sites (tertiary alicyclic amines) is 1. The molecule has 0 spiro atoms. The van der Waals surface area contributed by atoms with Crippen LogP contribution in [0.1, 0.15) is 47.0 Å². The van der Waals surface area contributed by atoms with Crippen molar-refractivity contribution in [3.8, 4) is 0 Å². The van der Waals surface area contributed by atoms with E-state index in [-0.39, 0.29) is 0 Å². The second-order valence-electron chi connectivity index (χ2n) is 6.26. The van der Waals surface area contributed by atoms with Crippen molar-refractivity contribution >= 4 is 0 Å². The molecule has 1 atom stereocenters. The lowest BCUT2D eigenvalue weighted by Gasteiger charge is -2.37. The maximum atomic E-state index is 3.64. The van der Waals surface area contributed by atoms with Crippen LogP contribution in [0.25, 0.3) is 0 Å². The number of rotatable bonds is 9. The van der Waals surface area contributed by atoms with Crippen LogP contribution in [0.15, 0.2) is 0 Å². The van der Waals surface area contributed by atoms with Crippen LogP contribution < -0.4 is 5.32 Å². The summed E-state index contributed by atoms with van der Waals surface area (Å²) >= 11 is 0. The van der Waals surface area contributed by atoms with E-state index in [0.29, 0.717) is 0 Å². The molecule has 0 aromatic carbocycles. The van der Waals surface area contributed by atoms with Gasteiger partial charge in [0.25, 0.3) is 0 Å². The maximum Gasteiger partial charge on any atom is 0.0221 e. The van der Waals surface area contributed by atoms with Gasteiger partial charge < -0.3 is 10.2 Å². The SMILES string of the molecule is CCN(CC)CCN1CCCCC1CNCC(C)C. The van der Waals surface area contributed by atoms with E-state index in [1.165, 1.54) is 58.5 Å². The molecule has 1 fully saturated rings. The molecule has 0 aromatic rings. The summed E-state index contributed by atoms with van der Waals surface area (Å²) in [5, 5.41) is 3.64. The number of piperidine rings is 1. The highest BCUT2D eigenvalue weighted by atomic mass is 15.2. The molecule has 0 radical (unpaired) electrons. The molecule has 1 rings (SSSR count). The van der Waals surface area contributed by atoms with Crippen molar-refractivity contribution in [2.45, 2.75) is 53.0 Å². The number of hydrogen-bond donors (Lipinski definition) is 1. The van der Waals surface area contributed by atoms with E-state index in [1.807, 2.05) is 0 Å². The first-order valence-corrected chi connectivity index (χ1v) is 8.34. The molecule has 0 aromatic heterocycles. The van der Waals surface area contributed by atoms with Crippen LogP contribution in [0, 0.1) is 5.92 Å². The minimum absolute atomic E-state index is 0.757. The average molecular weight is 269 g/mol. The highest BCUT2D eigenvalue weighted by Gasteiger charge is 2.21. The van der Waals surface area contributed by atoms with Crippen molar-refractivity contribution in [3.05, 3.63) is 0 Å². The summed E-state index contributed by atoms with van der Waals surface area (Å²) in [6.45, 7) is 17.6. The lowest BCUT2D eigenvalue weighted by molar-refractivity contribution is 0.126. The molecule has 19 heavy (non-hydrogen) atoms. The zero-order valence-corrected chi connectivity index (χ0v) is 13.6. The Balaban J connectivity index is 2.30. The number of likely N-dealkylation sites (N-methyl/N-ethyl adjacent to an activating group) is 1. The molecule has 1 aliphatic heterocycles. The maximum absolute atomic E-state index is 3.64. The second-order valence-corrected chi connectivity index (χ2v) is 6.26. The van der Waals surface area contributed by atoms with Gasteiger partial charge in [-0.25, -0.2) is 0 Å². The molecule has 0 amide bonds. The van der Waals surface area contributed by atoms with E-state index in [0.717, 1.165) is 18.5 Å². The van der Waals surface area contributed by atoms with Gasteiger partial charge in [-0.05, 0) is 44.9 Å². The first-order chi connectivity index (χ1) is 9.17. The molecular weight excluding hydrogens is 234 g/mol. The molecule has 3 heteroatoms. The van der Waals surface area contributed by atoms with Crippen LogP contribution in [-0.2, 0) is 0 Å². The van der Waals surface area contributed by atoms with Gasteiger partial charge in [-0.15, -0.1) is 0 Å². The van der Waals surface area contributed by atoms with E-state index in [4.69, 9.17) is 0 Å². The third-order valence-electron chi connectivity index (χ3n) is 4.28. The van der Waals surface area contributed by atoms with Crippen LogP contribution in [0.3, 0.4) is 0 Å². The molecule has 1 saturated heterocycles. The fourth-order valence-electron chi connectivity index (χ4n) is 2.93. The van der Waals surface area contributed by atoms with Gasteiger partial charge in [0.1, 0.15) is 0 Å². The van der Waals surface area contributed by atoms with Crippen LogP contribution in [0.5, 0.6) is 0 Å². The standard InChI is InChI=1S/C16H35N3/c1-5-18(6-2)11-12-19-10-8-7-9-16(19)14-17-13-15(3)4/h15-17H,5-14H2,1-4H3. The molecule has 0 saturated carbocycles. The van der Waals surface area contributed by atoms with E-state index in [1.54, 1.807) is 0 Å². The lowest BCUT2D eigenvalue weighted by Crippen LogP contribution is -2.48. The Morgan fingerprint density at radius 1 is 1.21 bits per heavy atom. The third-order valence-corrected chi connectivity index (χ3v) is 4.28. The quantitative estimate of drug-likeness (QED) is 0.693. The van der Waals surface area contributed by atoms with E-state index < -0.39 is 0 Å². The Bertz CT molecular complexity index is 214. The van der Waals surface area contributed by atoms with Crippen molar-refractivity contribution in [2.75, 3.05) is 45.8 Å². The molecular formula is C16H35N3. The lowest BCUT2D eigenvalue weighted by atomic mass is 10.0. The predicted molar refractivity (Wildman–Crippen MR) is 84.7 cm³/mol. The van der Waals surface area contributed by atoms with E-state index >= 15 is 0 Å². The molecule has 1 N–H and O–H groups in total. The van der Waals surface area contributed by atoms with Gasteiger partial charge in [-0.3, -0.25) is 4.90 Å². The summed E-state index contributed by atoms with van der Waals surface area (Å²) in [5.41, 5.74) is 0. The minimum atomic E-state index is 0.757. The minimum Gasteiger partial charge on any atom is -0.315 e. The number of hydrogen-bond acceptors (Lipinski definition) is 3. The summed E-state index contributed by atoms with van der Waals surface area (Å²) in [4.78, 5) is 5.25. The molecule has 0 bridgehead atoms. The normalized spacial score (nSPS) is 21.5. The average Bonchev–Trinajstić information content (AvgIpc) is 2.41. The Hall–Kier alpha value is -0.120. The fraction of sp³-hybridized carbons (Fsp3) is 1.00. The molecule has 1 aliphatic rings. The van der Waals surface area contributed by atoms with E-state index in [9.17, 15) is 0 Å². The molecule has 1 unspecified atom stereocenters. The highest BCUT2D eigenvalue weighted by molar-refractivity contribution is 4.79. The third kappa shape index (κ3) is 6.73. The van der Waals surface area contributed by atoms with Crippen LogP contribution in [0.2, 0.25) is 0 Å². The van der Waals surface area contributed by atoms with Gasteiger partial charge in [-0.1, -0.05) is 34.1 Å². The van der Waals surface area contributed by atoms with Gasteiger partial charge in [0.15, 0.2) is 0 Å². The zero-order chi connectivity index (χ0) is 14.1. The van der Waals surface area contributed by atoms with Crippen molar-refractivity contribution in [1.29, 1.82) is 0 Å². The van der Waals surface area contributed by atoms with Gasteiger partial charge in [0.05, 0.1) is 0 Å². The molecule has 3 nitrogen and oxygen atoms in total. The van der Waals surface area contributed by atoms with Crippen LogP contribution in [0.4, 0.5) is 0 Å². The largest absolute Gasteiger partial charge is 0.315 e. The Labute approximate surface area is 120 Å². The monoisotopic (exact) mass is 269 g/mol. The molecule has 1 heterocycles. The van der Waals surface area contributed by atoms with Crippen molar-refractivity contribution < 1.29 is 0 Å². The smallest absolute Gasteiger partial charge is 0.0221 e. The molecule has 0 aliphatic carbocycles. The van der Waals surface area contributed by atoms with Crippen molar-refractivity contribution in [2.24, 2.45) is 5.92 Å². The number of nitrogens with one attached hydrogen (secondary N) is 1. The van der Waals surface area contributed by atoms with Crippen molar-refractivity contribution in [1.82, 2.24) is 15.1 Å². The second kappa shape index (κ2) is 9.73. The Morgan fingerprint density at radius 3 is 2.58 bits per heavy atom. The topological polar surface area (TPSA) is 18.5 Å². The van der Waals surface area contributed by atoms with E-state index in [2.05, 4.69) is 42.8 Å². The highest BCUT2D eigenvalue weighted by Crippen LogP contribution is 2.16. The van der Waals surface area contributed by atoms with Crippen LogP contribution >= 0.6 is 0 Å². The van der Waals surface area contributed by atoms with Gasteiger partial charge in [0, 0.05) is 25.7 Å². The first-order valence-electron chi connectivity index (χ1n) is 8.34. The van der Waals surface area contributed by atoms with Crippen molar-refractivity contribution in [3.63, 3.8) is 0 Å². The molecule has 114 valence electrons. The first kappa shape index (κ1) is 16.9. The predicted octanol–water partition coefficient (Wildman–Crippen LogP) is 2.43. The van der Waals surface area contributed by atoms with Gasteiger partial charge in [-0.2, -0.15) is 0 Å². The summed E-state index contributed by atoms with van der Waals surface area (Å²) < 4.78 is 0. The number of nitrogens with zero attached hydrogens (tertiary/aromatic N) is 2. The van der Waals surface area contributed by atoms with Crippen LogP contribution in [-0.4, -0.2) is 61.7 Å². The summed E-state index contributed by atoms with van der Waals surface area (Å²) in [7, 11) is 0. The van der Waals surface area contributed by atoms with Gasteiger partial charge >= 0.3 is 0 Å². The summed E-state index contributed by atoms with van der Waals surface area (Å²) in [6.07, 6.45) is 4.18. The Kier molecular flexibility index (Phi) is 8.67. The fourth-order valence-corrected chi connectivity index (χ4v) is 2.93.